The second-order valence-electron chi connectivity index (χ2n) is 4.17. The van der Waals surface area contributed by atoms with Crippen molar-refractivity contribution in [2.45, 2.75) is 18.8 Å². The zero-order valence-electron chi connectivity index (χ0n) is 8.85. The maximum atomic E-state index is 12.3. The van der Waals surface area contributed by atoms with Gasteiger partial charge in [-0.2, -0.15) is 11.3 Å². The predicted molar refractivity (Wildman–Crippen MR) is 66.2 cm³/mol. The molecule has 0 aliphatic heterocycles. The number of ketones is 1. The number of carbonyl (C=O) groups is 1. The fourth-order valence-electron chi connectivity index (χ4n) is 2.44. The van der Waals surface area contributed by atoms with Gasteiger partial charge in [-0.3, -0.25) is 4.79 Å². The maximum absolute atomic E-state index is 12.3. The summed E-state index contributed by atoms with van der Waals surface area (Å²) < 4.78 is 0. The molecule has 0 radical (unpaired) electrons. The number of aryl methyl sites for hydroxylation is 1. The zero-order chi connectivity index (χ0) is 11.0. The van der Waals surface area contributed by atoms with Gasteiger partial charge in [-0.15, -0.1) is 0 Å². The number of benzene rings is 1. The lowest BCUT2D eigenvalue weighted by atomic mass is 9.93. The molecule has 80 valence electrons. The average molecular weight is 228 g/mol. The van der Waals surface area contributed by atoms with E-state index in [1.807, 2.05) is 22.9 Å². The van der Waals surface area contributed by atoms with Gasteiger partial charge in [-0.05, 0) is 35.4 Å². The molecule has 1 aliphatic carbocycles. The van der Waals surface area contributed by atoms with E-state index in [1.54, 1.807) is 11.3 Å². The van der Waals surface area contributed by atoms with Crippen molar-refractivity contribution in [1.82, 2.24) is 0 Å². The van der Waals surface area contributed by atoms with Crippen LogP contribution in [0.15, 0.2) is 41.1 Å². The van der Waals surface area contributed by atoms with Gasteiger partial charge in [0.2, 0.25) is 0 Å². The highest BCUT2D eigenvalue weighted by atomic mass is 32.1. The van der Waals surface area contributed by atoms with Crippen LogP contribution in [0.2, 0.25) is 0 Å². The fraction of sp³-hybridized carbons (Fsp3) is 0.214. The quantitative estimate of drug-likeness (QED) is 0.717. The van der Waals surface area contributed by atoms with Crippen LogP contribution >= 0.6 is 11.3 Å². The van der Waals surface area contributed by atoms with E-state index in [4.69, 9.17) is 0 Å². The van der Waals surface area contributed by atoms with E-state index in [9.17, 15) is 4.79 Å². The molecule has 16 heavy (non-hydrogen) atoms. The molecule has 0 amide bonds. The van der Waals surface area contributed by atoms with Crippen molar-refractivity contribution in [2.24, 2.45) is 0 Å². The summed E-state index contributed by atoms with van der Waals surface area (Å²) >= 11 is 1.59. The molecule has 0 spiro atoms. The van der Waals surface area contributed by atoms with Crippen LogP contribution in [0.25, 0.3) is 0 Å². The van der Waals surface area contributed by atoms with Gasteiger partial charge in [0.15, 0.2) is 5.78 Å². The van der Waals surface area contributed by atoms with Crippen molar-refractivity contribution in [3.05, 3.63) is 57.8 Å². The molecule has 1 unspecified atom stereocenters. The van der Waals surface area contributed by atoms with Crippen LogP contribution < -0.4 is 0 Å². The van der Waals surface area contributed by atoms with E-state index >= 15 is 0 Å². The highest BCUT2D eigenvalue weighted by molar-refractivity contribution is 7.08. The van der Waals surface area contributed by atoms with Crippen molar-refractivity contribution in [2.75, 3.05) is 0 Å². The Morgan fingerprint density at radius 1 is 1.25 bits per heavy atom. The Balaban J connectivity index is 1.96. The molecule has 0 saturated carbocycles. The molecule has 2 aromatic rings. The minimum Gasteiger partial charge on any atom is -0.293 e. The Hall–Kier alpha value is -1.41. The molecular formula is C14H12OS. The molecule has 2 heteroatoms. The van der Waals surface area contributed by atoms with Gasteiger partial charge in [0.05, 0.1) is 0 Å². The molecule has 0 N–H and O–H groups in total. The standard InChI is InChI=1S/C14H12OS/c15-14(11-7-8-16-9-11)13-6-5-10-3-1-2-4-12(10)13/h1-4,7-9,13H,5-6H2. The molecule has 1 heterocycles. The molecule has 3 rings (SSSR count). The smallest absolute Gasteiger partial charge is 0.171 e. The van der Waals surface area contributed by atoms with E-state index in [0.717, 1.165) is 18.4 Å². The van der Waals surface area contributed by atoms with E-state index in [1.165, 1.54) is 11.1 Å². The minimum absolute atomic E-state index is 0.0887. The summed E-state index contributed by atoms with van der Waals surface area (Å²) in [6.45, 7) is 0. The Bertz CT molecular complexity index is 513. The molecule has 1 aromatic carbocycles. The van der Waals surface area contributed by atoms with Crippen LogP contribution in [-0.4, -0.2) is 5.78 Å². The molecule has 0 fully saturated rings. The van der Waals surface area contributed by atoms with Crippen molar-refractivity contribution in [1.29, 1.82) is 0 Å². The number of carbonyl (C=O) groups excluding carboxylic acids is 1. The predicted octanol–water partition coefficient (Wildman–Crippen LogP) is 3.66. The summed E-state index contributed by atoms with van der Waals surface area (Å²) in [7, 11) is 0. The van der Waals surface area contributed by atoms with Crippen molar-refractivity contribution in [3.8, 4) is 0 Å². The third-order valence-corrected chi connectivity index (χ3v) is 3.94. The lowest BCUT2D eigenvalue weighted by Gasteiger charge is -2.08. The SMILES string of the molecule is O=C(c1ccsc1)C1CCc2ccccc21. The molecule has 1 aliphatic rings. The lowest BCUT2D eigenvalue weighted by molar-refractivity contribution is 0.0960. The monoisotopic (exact) mass is 228 g/mol. The van der Waals surface area contributed by atoms with E-state index in [0.29, 0.717) is 0 Å². The third-order valence-electron chi connectivity index (χ3n) is 3.26. The van der Waals surface area contributed by atoms with Crippen molar-refractivity contribution in [3.63, 3.8) is 0 Å². The van der Waals surface area contributed by atoms with Gasteiger partial charge in [-0.25, -0.2) is 0 Å². The number of thiophene rings is 1. The molecule has 0 bridgehead atoms. The van der Waals surface area contributed by atoms with Crippen LogP contribution in [0.4, 0.5) is 0 Å². The van der Waals surface area contributed by atoms with Crippen LogP contribution in [0.5, 0.6) is 0 Å². The summed E-state index contributed by atoms with van der Waals surface area (Å²) in [5, 5.41) is 3.91. The van der Waals surface area contributed by atoms with Crippen LogP contribution in [0.3, 0.4) is 0 Å². The topological polar surface area (TPSA) is 17.1 Å². The molecule has 1 atom stereocenters. The molecule has 1 aromatic heterocycles. The summed E-state index contributed by atoms with van der Waals surface area (Å²) in [6, 6.07) is 10.2. The first-order valence-corrected chi connectivity index (χ1v) is 6.45. The van der Waals surface area contributed by atoms with E-state index < -0.39 is 0 Å². The van der Waals surface area contributed by atoms with Crippen molar-refractivity contribution >= 4 is 17.1 Å². The van der Waals surface area contributed by atoms with Crippen molar-refractivity contribution < 1.29 is 4.79 Å². The Morgan fingerprint density at radius 3 is 2.94 bits per heavy atom. The Morgan fingerprint density at radius 2 is 2.12 bits per heavy atom. The molecular weight excluding hydrogens is 216 g/mol. The first-order valence-electron chi connectivity index (χ1n) is 5.50. The molecule has 1 nitrogen and oxygen atoms in total. The normalized spacial score (nSPS) is 18.4. The third kappa shape index (κ3) is 1.50. The van der Waals surface area contributed by atoms with Gasteiger partial charge in [0.1, 0.15) is 0 Å². The second kappa shape index (κ2) is 3.87. The van der Waals surface area contributed by atoms with Gasteiger partial charge < -0.3 is 0 Å². The summed E-state index contributed by atoms with van der Waals surface area (Å²) in [4.78, 5) is 12.3. The second-order valence-corrected chi connectivity index (χ2v) is 4.95. The maximum Gasteiger partial charge on any atom is 0.171 e. The number of Topliss-reactive ketones (excluding diaryl/α,β-unsaturated/α-hetero) is 1. The number of hydrogen-bond acceptors (Lipinski definition) is 2. The highest BCUT2D eigenvalue weighted by Gasteiger charge is 2.28. The number of fused-ring (bicyclic) bond motifs is 1. The van der Waals surface area contributed by atoms with Gasteiger partial charge in [-0.1, -0.05) is 24.3 Å². The fourth-order valence-corrected chi connectivity index (χ4v) is 3.08. The Labute approximate surface area is 98.7 Å². The zero-order valence-corrected chi connectivity index (χ0v) is 9.67. The van der Waals surface area contributed by atoms with Crippen LogP contribution in [0.1, 0.15) is 33.8 Å². The summed E-state index contributed by atoms with van der Waals surface area (Å²) in [5.74, 6) is 0.372. The number of hydrogen-bond donors (Lipinski definition) is 0. The van der Waals surface area contributed by atoms with Crippen LogP contribution in [0, 0.1) is 0 Å². The number of rotatable bonds is 2. The Kier molecular flexibility index (Phi) is 2.37. The first kappa shape index (κ1) is 9.79. The summed E-state index contributed by atoms with van der Waals surface area (Å²) in [5.41, 5.74) is 3.45. The molecule has 0 saturated heterocycles. The van der Waals surface area contributed by atoms with E-state index in [2.05, 4.69) is 18.2 Å². The minimum atomic E-state index is 0.0887. The van der Waals surface area contributed by atoms with Gasteiger partial charge in [0.25, 0.3) is 0 Å². The van der Waals surface area contributed by atoms with E-state index in [-0.39, 0.29) is 11.7 Å². The highest BCUT2D eigenvalue weighted by Crippen LogP contribution is 2.35. The first-order chi connectivity index (χ1) is 7.86. The summed E-state index contributed by atoms with van der Waals surface area (Å²) in [6.07, 6.45) is 2.00. The van der Waals surface area contributed by atoms with Gasteiger partial charge >= 0.3 is 0 Å². The largest absolute Gasteiger partial charge is 0.293 e. The average Bonchev–Trinajstić information content (AvgIpc) is 2.98. The van der Waals surface area contributed by atoms with Gasteiger partial charge in [0, 0.05) is 16.9 Å². The lowest BCUT2D eigenvalue weighted by Crippen LogP contribution is -2.08. The van der Waals surface area contributed by atoms with Crippen LogP contribution in [-0.2, 0) is 6.42 Å².